The number of nitrogens with one attached hydrogen (secondary N) is 2. The number of pyridine rings is 1. The number of hydrogen-bond acceptors (Lipinski definition) is 2. The molecule has 0 amide bonds. The van der Waals surface area contributed by atoms with Crippen LogP contribution in [0.25, 0.3) is 11.0 Å². The van der Waals surface area contributed by atoms with E-state index in [0.29, 0.717) is 11.0 Å². The van der Waals surface area contributed by atoms with Gasteiger partial charge in [0.05, 0.1) is 5.52 Å². The second-order valence-corrected chi connectivity index (χ2v) is 1.91. The first kappa shape index (κ1) is 9.15. The van der Waals surface area contributed by atoms with Gasteiger partial charge < -0.3 is 5.10 Å². The van der Waals surface area contributed by atoms with E-state index in [1.165, 1.54) is 6.20 Å². The average molecular weight is 173 g/mol. The zero-order valence-corrected chi connectivity index (χ0v) is 9.13. The fraction of sp³-hybridized carbons (Fsp3) is 0. The van der Waals surface area contributed by atoms with Crippen molar-refractivity contribution in [1.82, 2.24) is 15.2 Å². The maximum absolute atomic E-state index is 10.8. The Morgan fingerprint density at radius 2 is 2.27 bits per heavy atom. The Hall–Kier alpha value is 0.0564. The molecule has 4 nitrogen and oxygen atoms in total. The van der Waals surface area contributed by atoms with Crippen molar-refractivity contribution in [3.8, 4) is 0 Å². The molecule has 2 aromatic rings. The molecule has 0 fully saturated rings. The van der Waals surface area contributed by atoms with Gasteiger partial charge in [-0.15, -0.1) is 0 Å². The maximum Gasteiger partial charge on any atom is 1.00 e. The van der Waals surface area contributed by atoms with E-state index >= 15 is 0 Å². The summed E-state index contributed by atoms with van der Waals surface area (Å²) in [6.45, 7) is 0. The van der Waals surface area contributed by atoms with Gasteiger partial charge in [0.25, 0.3) is 5.56 Å². The molecule has 2 N–H and O–H groups in total. The van der Waals surface area contributed by atoms with Gasteiger partial charge in [0.15, 0.2) is 0 Å². The third-order valence-corrected chi connectivity index (χ3v) is 1.28. The van der Waals surface area contributed by atoms with Crippen LogP contribution in [0.3, 0.4) is 0 Å². The molecule has 0 atom stereocenters. The predicted octanol–water partition coefficient (Wildman–Crippen LogP) is -2.94. The number of aromatic amines is 2. The minimum atomic E-state index is -0.191. The van der Waals surface area contributed by atoms with E-state index < -0.39 is 0 Å². The molecule has 11 heavy (non-hydrogen) atoms. The number of fused-ring (bicyclic) bond motifs is 1. The molecule has 2 aromatic heterocycles. The van der Waals surface area contributed by atoms with Crippen molar-refractivity contribution in [2.75, 3.05) is 0 Å². The van der Waals surface area contributed by atoms with Crippen molar-refractivity contribution < 1.29 is 51.4 Å². The van der Waals surface area contributed by atoms with Crippen LogP contribution in [0.15, 0.2) is 17.1 Å². The SMILES string of the molecule is O=c1[nH][nH]c2c[c-]cnc12.[K+]. The summed E-state index contributed by atoms with van der Waals surface area (Å²) in [5.74, 6) is 0. The van der Waals surface area contributed by atoms with Crippen LogP contribution in [0, 0.1) is 6.07 Å². The van der Waals surface area contributed by atoms with Crippen molar-refractivity contribution in [2.24, 2.45) is 0 Å². The molecule has 0 bridgehead atoms. The van der Waals surface area contributed by atoms with Crippen LogP contribution in [0.5, 0.6) is 0 Å². The van der Waals surface area contributed by atoms with Crippen LogP contribution < -0.4 is 56.9 Å². The zero-order chi connectivity index (χ0) is 6.97. The topological polar surface area (TPSA) is 61.5 Å². The first-order valence-corrected chi connectivity index (χ1v) is 2.80. The first-order valence-electron chi connectivity index (χ1n) is 2.80. The van der Waals surface area contributed by atoms with Crippen LogP contribution in [0.1, 0.15) is 0 Å². The van der Waals surface area contributed by atoms with Crippen LogP contribution >= 0.6 is 0 Å². The van der Waals surface area contributed by atoms with Crippen molar-refractivity contribution in [3.05, 3.63) is 28.7 Å². The molecule has 2 heterocycles. The van der Waals surface area contributed by atoms with Gasteiger partial charge in [0, 0.05) is 0 Å². The van der Waals surface area contributed by atoms with Crippen LogP contribution in [-0.4, -0.2) is 15.2 Å². The summed E-state index contributed by atoms with van der Waals surface area (Å²) < 4.78 is 0. The standard InChI is InChI=1S/C6H4N3O.K/c10-6-5-4(8-9-6)2-1-3-7-5;/h2-3H,(H2,8,9,10);/q-1;+1. The average Bonchev–Trinajstić information content (AvgIpc) is 2.34. The summed E-state index contributed by atoms with van der Waals surface area (Å²) in [6, 6.07) is 4.41. The summed E-state index contributed by atoms with van der Waals surface area (Å²) >= 11 is 0. The van der Waals surface area contributed by atoms with E-state index in [-0.39, 0.29) is 56.9 Å². The third-order valence-electron chi connectivity index (χ3n) is 1.28. The third kappa shape index (κ3) is 1.62. The van der Waals surface area contributed by atoms with E-state index in [2.05, 4.69) is 21.2 Å². The number of nitrogens with zero attached hydrogens (tertiary/aromatic N) is 1. The fourth-order valence-electron chi connectivity index (χ4n) is 0.820. The van der Waals surface area contributed by atoms with Crippen molar-refractivity contribution in [3.63, 3.8) is 0 Å². The van der Waals surface area contributed by atoms with E-state index in [0.717, 1.165) is 0 Å². The summed E-state index contributed by atoms with van der Waals surface area (Å²) in [5.41, 5.74) is 0.926. The Balaban J connectivity index is 0.000000605. The second-order valence-electron chi connectivity index (χ2n) is 1.91. The summed E-state index contributed by atoms with van der Waals surface area (Å²) in [7, 11) is 0. The molecule has 0 aliphatic rings. The van der Waals surface area contributed by atoms with Crippen LogP contribution in [0.2, 0.25) is 0 Å². The number of aromatic nitrogens is 3. The quantitative estimate of drug-likeness (QED) is 0.331. The smallest absolute Gasteiger partial charge is 0.375 e. The molecule has 0 aromatic carbocycles. The minimum Gasteiger partial charge on any atom is -0.375 e. The Bertz CT molecular complexity index is 405. The molecule has 0 unspecified atom stereocenters. The Morgan fingerprint density at radius 3 is 3.00 bits per heavy atom. The van der Waals surface area contributed by atoms with Crippen molar-refractivity contribution >= 4 is 11.0 Å². The fourth-order valence-corrected chi connectivity index (χ4v) is 0.820. The summed E-state index contributed by atoms with van der Waals surface area (Å²) in [6.07, 6.45) is 1.46. The molecule has 0 saturated heterocycles. The van der Waals surface area contributed by atoms with E-state index in [1.807, 2.05) is 0 Å². The van der Waals surface area contributed by atoms with Gasteiger partial charge in [-0.3, -0.25) is 14.9 Å². The molecule has 5 heteroatoms. The Morgan fingerprint density at radius 1 is 1.45 bits per heavy atom. The van der Waals surface area contributed by atoms with Crippen molar-refractivity contribution in [2.45, 2.75) is 0 Å². The maximum atomic E-state index is 10.8. The number of H-pyrrole nitrogens is 2. The largest absolute Gasteiger partial charge is 1.00 e. The minimum absolute atomic E-state index is 0. The molecule has 0 aliphatic carbocycles. The molecule has 0 spiro atoms. The number of hydrogen-bond donors (Lipinski definition) is 2. The normalized spacial score (nSPS) is 9.45. The molecule has 2 rings (SSSR count). The first-order chi connectivity index (χ1) is 4.88. The summed E-state index contributed by atoms with van der Waals surface area (Å²) in [5, 5.41) is 5.07. The molecule has 50 valence electrons. The van der Waals surface area contributed by atoms with Crippen LogP contribution in [-0.2, 0) is 0 Å². The van der Waals surface area contributed by atoms with Gasteiger partial charge >= 0.3 is 51.4 Å². The monoisotopic (exact) mass is 173 g/mol. The van der Waals surface area contributed by atoms with Crippen LogP contribution in [0.4, 0.5) is 0 Å². The van der Waals surface area contributed by atoms with Gasteiger partial charge in [-0.2, -0.15) is 0 Å². The molecular formula is C6H4KN3O. The molecular weight excluding hydrogens is 169 g/mol. The van der Waals surface area contributed by atoms with E-state index in [4.69, 9.17) is 0 Å². The molecule has 0 saturated carbocycles. The Kier molecular flexibility index (Phi) is 3.03. The van der Waals surface area contributed by atoms with Gasteiger partial charge in [-0.25, -0.2) is 12.1 Å². The van der Waals surface area contributed by atoms with Gasteiger partial charge in [-0.1, -0.05) is 11.7 Å². The van der Waals surface area contributed by atoms with E-state index in [1.54, 1.807) is 6.07 Å². The summed E-state index contributed by atoms with van der Waals surface area (Å²) in [4.78, 5) is 14.6. The molecule has 0 aliphatic heterocycles. The van der Waals surface area contributed by atoms with E-state index in [9.17, 15) is 4.79 Å². The zero-order valence-electron chi connectivity index (χ0n) is 6.01. The predicted molar refractivity (Wildman–Crippen MR) is 35.6 cm³/mol. The second kappa shape index (κ2) is 3.64. The molecule has 0 radical (unpaired) electrons. The van der Waals surface area contributed by atoms with Crippen molar-refractivity contribution in [1.29, 1.82) is 0 Å². The van der Waals surface area contributed by atoms with Gasteiger partial charge in [0.1, 0.15) is 0 Å². The van der Waals surface area contributed by atoms with Gasteiger partial charge in [-0.05, 0) is 0 Å². The Labute approximate surface area is 105 Å². The van der Waals surface area contributed by atoms with Gasteiger partial charge in [0.2, 0.25) is 0 Å². The number of rotatable bonds is 0.